The number of piperidine rings is 1. The number of anilines is 2. The summed E-state index contributed by atoms with van der Waals surface area (Å²) in [5.41, 5.74) is 3.69. The van der Waals surface area contributed by atoms with Crippen molar-refractivity contribution in [2.45, 2.75) is 25.8 Å². The zero-order valence-electron chi connectivity index (χ0n) is 15.0. The Hall–Kier alpha value is -2.37. The van der Waals surface area contributed by atoms with Gasteiger partial charge in [0.05, 0.1) is 13.0 Å². The van der Waals surface area contributed by atoms with Crippen LogP contribution in [0.15, 0.2) is 42.5 Å². The monoisotopic (exact) mass is 383 g/mol. The number of nitrogens with zero attached hydrogens (tertiary/aromatic N) is 1. The van der Waals surface area contributed by atoms with Gasteiger partial charge in [-0.25, -0.2) is 0 Å². The van der Waals surface area contributed by atoms with Crippen molar-refractivity contribution in [3.05, 3.63) is 58.6 Å². The SMILES string of the molecule is O=C(Nc1ccc(CN2C(=O)Cc3ccc(Cl)cc32)cc1)C1CCNCC1. The molecule has 0 bridgehead atoms. The molecule has 0 spiro atoms. The van der Waals surface area contributed by atoms with Gasteiger partial charge in [0.25, 0.3) is 0 Å². The number of nitrogens with one attached hydrogen (secondary N) is 2. The summed E-state index contributed by atoms with van der Waals surface area (Å²) in [6, 6.07) is 13.3. The van der Waals surface area contributed by atoms with Gasteiger partial charge in [-0.15, -0.1) is 0 Å². The van der Waals surface area contributed by atoms with Gasteiger partial charge < -0.3 is 15.5 Å². The van der Waals surface area contributed by atoms with Gasteiger partial charge in [-0.3, -0.25) is 9.59 Å². The first kappa shape index (κ1) is 18.0. The lowest BCUT2D eigenvalue weighted by atomic mass is 9.97. The highest BCUT2D eigenvalue weighted by atomic mass is 35.5. The average Bonchev–Trinajstić information content (AvgIpc) is 2.99. The zero-order chi connectivity index (χ0) is 18.8. The van der Waals surface area contributed by atoms with Crippen molar-refractivity contribution in [1.29, 1.82) is 0 Å². The van der Waals surface area contributed by atoms with E-state index in [0.29, 0.717) is 18.0 Å². The van der Waals surface area contributed by atoms with E-state index in [-0.39, 0.29) is 17.7 Å². The molecule has 4 rings (SSSR count). The van der Waals surface area contributed by atoms with Crippen molar-refractivity contribution in [3.8, 4) is 0 Å². The fourth-order valence-corrected chi connectivity index (χ4v) is 3.87. The lowest BCUT2D eigenvalue weighted by Crippen LogP contribution is -2.34. The van der Waals surface area contributed by atoms with Crippen molar-refractivity contribution in [3.63, 3.8) is 0 Å². The first-order valence-electron chi connectivity index (χ1n) is 9.29. The molecule has 0 aromatic heterocycles. The lowest BCUT2D eigenvalue weighted by Gasteiger charge is -2.22. The van der Waals surface area contributed by atoms with Gasteiger partial charge in [0.2, 0.25) is 11.8 Å². The minimum atomic E-state index is 0.0781. The summed E-state index contributed by atoms with van der Waals surface area (Å²) in [6.07, 6.45) is 2.17. The predicted molar refractivity (Wildman–Crippen MR) is 107 cm³/mol. The maximum Gasteiger partial charge on any atom is 0.231 e. The van der Waals surface area contributed by atoms with Crippen LogP contribution >= 0.6 is 11.6 Å². The first-order chi connectivity index (χ1) is 13.1. The Morgan fingerprint density at radius 3 is 2.63 bits per heavy atom. The van der Waals surface area contributed by atoms with Crippen molar-refractivity contribution >= 4 is 34.8 Å². The number of halogens is 1. The molecule has 1 fully saturated rings. The largest absolute Gasteiger partial charge is 0.326 e. The molecule has 1 saturated heterocycles. The van der Waals surface area contributed by atoms with E-state index in [4.69, 9.17) is 11.6 Å². The molecule has 2 aromatic rings. The third-order valence-corrected chi connectivity index (χ3v) is 5.49. The standard InChI is InChI=1S/C21H22ClN3O2/c22-17-4-3-16-11-20(26)25(19(16)12-17)13-14-1-5-18(6-2-14)24-21(27)15-7-9-23-10-8-15/h1-6,12,15,23H,7-11,13H2,(H,24,27). The Morgan fingerprint density at radius 1 is 1.15 bits per heavy atom. The molecule has 0 aliphatic carbocycles. The quantitative estimate of drug-likeness (QED) is 0.850. The van der Waals surface area contributed by atoms with Gasteiger partial charge >= 0.3 is 0 Å². The van der Waals surface area contributed by atoms with E-state index in [0.717, 1.165) is 48.4 Å². The Morgan fingerprint density at radius 2 is 1.89 bits per heavy atom. The molecule has 5 nitrogen and oxygen atoms in total. The van der Waals surface area contributed by atoms with E-state index in [2.05, 4.69) is 10.6 Å². The normalized spacial score (nSPS) is 17.1. The van der Waals surface area contributed by atoms with E-state index >= 15 is 0 Å². The van der Waals surface area contributed by atoms with Crippen LogP contribution in [0.1, 0.15) is 24.0 Å². The van der Waals surface area contributed by atoms with Gasteiger partial charge in [-0.2, -0.15) is 0 Å². The fraction of sp³-hybridized carbons (Fsp3) is 0.333. The molecule has 140 valence electrons. The van der Waals surface area contributed by atoms with Crippen LogP contribution < -0.4 is 15.5 Å². The van der Waals surface area contributed by atoms with Crippen LogP contribution in [-0.2, 0) is 22.6 Å². The number of carbonyl (C=O) groups is 2. The van der Waals surface area contributed by atoms with Crippen molar-refractivity contribution in [2.75, 3.05) is 23.3 Å². The topological polar surface area (TPSA) is 61.4 Å². The number of amides is 2. The molecule has 2 aromatic carbocycles. The molecule has 0 radical (unpaired) electrons. The van der Waals surface area contributed by atoms with Crippen LogP contribution in [0.4, 0.5) is 11.4 Å². The highest BCUT2D eigenvalue weighted by Crippen LogP contribution is 2.32. The molecule has 0 atom stereocenters. The molecule has 2 aliphatic heterocycles. The van der Waals surface area contributed by atoms with E-state index in [1.807, 2.05) is 42.5 Å². The molecule has 0 saturated carbocycles. The predicted octanol–water partition coefficient (Wildman–Crippen LogP) is 3.37. The molecule has 2 aliphatic rings. The van der Waals surface area contributed by atoms with E-state index in [1.54, 1.807) is 4.90 Å². The number of carbonyl (C=O) groups excluding carboxylic acids is 2. The third-order valence-electron chi connectivity index (χ3n) is 5.25. The number of benzene rings is 2. The third kappa shape index (κ3) is 3.99. The van der Waals surface area contributed by atoms with E-state index < -0.39 is 0 Å². The van der Waals surface area contributed by atoms with Crippen LogP contribution in [0.3, 0.4) is 0 Å². The summed E-state index contributed by atoms with van der Waals surface area (Å²) >= 11 is 6.09. The summed E-state index contributed by atoms with van der Waals surface area (Å²) in [6.45, 7) is 2.29. The first-order valence-corrected chi connectivity index (χ1v) is 9.67. The van der Waals surface area contributed by atoms with Gasteiger partial charge in [0.15, 0.2) is 0 Å². The molecule has 27 heavy (non-hydrogen) atoms. The minimum absolute atomic E-state index is 0.0781. The second kappa shape index (κ2) is 7.71. The number of fused-ring (bicyclic) bond motifs is 1. The highest BCUT2D eigenvalue weighted by Gasteiger charge is 2.27. The molecule has 0 unspecified atom stereocenters. The van der Waals surface area contributed by atoms with Gasteiger partial charge in [-0.05, 0) is 61.3 Å². The van der Waals surface area contributed by atoms with Gasteiger partial charge in [-0.1, -0.05) is 29.8 Å². The second-order valence-electron chi connectivity index (χ2n) is 7.14. The second-order valence-corrected chi connectivity index (χ2v) is 7.58. The smallest absolute Gasteiger partial charge is 0.231 e. The maximum absolute atomic E-state index is 12.4. The van der Waals surface area contributed by atoms with Crippen LogP contribution in [-0.4, -0.2) is 24.9 Å². The van der Waals surface area contributed by atoms with Crippen LogP contribution in [0, 0.1) is 5.92 Å². The van der Waals surface area contributed by atoms with Gasteiger partial charge in [0, 0.05) is 22.3 Å². The van der Waals surface area contributed by atoms with Crippen molar-refractivity contribution < 1.29 is 9.59 Å². The van der Waals surface area contributed by atoms with Crippen LogP contribution in [0.25, 0.3) is 0 Å². The number of rotatable bonds is 4. The summed E-state index contributed by atoms with van der Waals surface area (Å²) in [4.78, 5) is 26.5. The van der Waals surface area contributed by atoms with Crippen LogP contribution in [0.5, 0.6) is 0 Å². The molecular formula is C21H22ClN3O2. The zero-order valence-corrected chi connectivity index (χ0v) is 15.8. The van der Waals surface area contributed by atoms with Crippen molar-refractivity contribution in [1.82, 2.24) is 5.32 Å². The van der Waals surface area contributed by atoms with Gasteiger partial charge in [0.1, 0.15) is 0 Å². The summed E-state index contributed by atoms with van der Waals surface area (Å²) < 4.78 is 0. The number of hydrogen-bond acceptors (Lipinski definition) is 3. The Balaban J connectivity index is 1.42. The molecule has 2 heterocycles. The number of hydrogen-bond donors (Lipinski definition) is 2. The Kier molecular flexibility index (Phi) is 5.14. The van der Waals surface area contributed by atoms with E-state index in [9.17, 15) is 9.59 Å². The molecular weight excluding hydrogens is 362 g/mol. The van der Waals surface area contributed by atoms with Crippen molar-refractivity contribution in [2.24, 2.45) is 5.92 Å². The summed E-state index contributed by atoms with van der Waals surface area (Å²) in [5.74, 6) is 0.243. The highest BCUT2D eigenvalue weighted by molar-refractivity contribution is 6.31. The average molecular weight is 384 g/mol. The fourth-order valence-electron chi connectivity index (χ4n) is 3.71. The molecule has 2 amide bonds. The van der Waals surface area contributed by atoms with Crippen LogP contribution in [0.2, 0.25) is 5.02 Å². The van der Waals surface area contributed by atoms with E-state index in [1.165, 1.54) is 0 Å². The lowest BCUT2D eigenvalue weighted by molar-refractivity contribution is -0.120. The molecule has 6 heteroatoms. The minimum Gasteiger partial charge on any atom is -0.326 e. The molecule has 2 N–H and O–H groups in total. The Bertz CT molecular complexity index is 860. The summed E-state index contributed by atoms with van der Waals surface area (Å²) in [7, 11) is 0. The Labute approximate surface area is 163 Å². The summed E-state index contributed by atoms with van der Waals surface area (Å²) in [5, 5.41) is 6.90. The maximum atomic E-state index is 12.4.